The van der Waals surface area contributed by atoms with E-state index in [1.165, 1.54) is 6.08 Å². The predicted molar refractivity (Wildman–Crippen MR) is 82.6 cm³/mol. The van der Waals surface area contributed by atoms with Gasteiger partial charge >= 0.3 is 5.97 Å². The van der Waals surface area contributed by atoms with Crippen LogP contribution in [0.15, 0.2) is 48.7 Å². The quantitative estimate of drug-likeness (QED) is 0.606. The molecule has 5 heteroatoms. The van der Waals surface area contributed by atoms with Crippen molar-refractivity contribution in [3.63, 3.8) is 0 Å². The van der Waals surface area contributed by atoms with Crippen LogP contribution in [0.1, 0.15) is 11.3 Å². The summed E-state index contributed by atoms with van der Waals surface area (Å²) in [5, 5.41) is 0. The van der Waals surface area contributed by atoms with E-state index in [1.807, 2.05) is 6.07 Å². The number of esters is 1. The van der Waals surface area contributed by atoms with Crippen molar-refractivity contribution in [3.05, 3.63) is 59.9 Å². The van der Waals surface area contributed by atoms with Crippen LogP contribution in [0.3, 0.4) is 0 Å². The van der Waals surface area contributed by atoms with Gasteiger partial charge in [-0.15, -0.1) is 0 Å². The molecule has 0 atom stereocenters. The average Bonchev–Trinajstić information content (AvgIpc) is 2.58. The zero-order valence-electron chi connectivity index (χ0n) is 12.5. The van der Waals surface area contributed by atoms with Crippen LogP contribution in [-0.4, -0.2) is 25.2 Å². The van der Waals surface area contributed by atoms with Crippen LogP contribution in [0.5, 0.6) is 11.5 Å². The summed E-state index contributed by atoms with van der Waals surface area (Å²) in [4.78, 5) is 15.8. The Hall–Kier alpha value is -2.82. The first kappa shape index (κ1) is 15.6. The monoisotopic (exact) mass is 299 g/mol. The molecule has 1 aromatic carbocycles. The summed E-state index contributed by atoms with van der Waals surface area (Å²) in [7, 11) is 3.15. The second-order valence-corrected chi connectivity index (χ2v) is 4.37. The highest BCUT2D eigenvalue weighted by atomic mass is 16.5. The highest BCUT2D eigenvalue weighted by Gasteiger charge is 2.04. The number of rotatable bonds is 6. The van der Waals surface area contributed by atoms with Gasteiger partial charge in [0.15, 0.2) is 0 Å². The zero-order valence-corrected chi connectivity index (χ0v) is 12.5. The highest BCUT2D eigenvalue weighted by molar-refractivity contribution is 5.87. The fourth-order valence-electron chi connectivity index (χ4n) is 1.80. The molecule has 0 radical (unpaired) electrons. The molecule has 0 aliphatic carbocycles. The zero-order chi connectivity index (χ0) is 15.8. The fourth-order valence-corrected chi connectivity index (χ4v) is 1.80. The van der Waals surface area contributed by atoms with Gasteiger partial charge in [-0.2, -0.15) is 0 Å². The van der Waals surface area contributed by atoms with Gasteiger partial charge < -0.3 is 14.2 Å². The SMILES string of the molecule is COc1ccc(OC)c(/C=C/C(=O)OCc2ccccn2)c1. The molecule has 0 spiro atoms. The van der Waals surface area contributed by atoms with E-state index in [9.17, 15) is 4.79 Å². The Balaban J connectivity index is 2.00. The van der Waals surface area contributed by atoms with Crippen molar-refractivity contribution in [2.24, 2.45) is 0 Å². The normalized spacial score (nSPS) is 10.5. The number of carbonyl (C=O) groups is 1. The molecule has 0 aliphatic rings. The predicted octanol–water partition coefficient (Wildman–Crippen LogP) is 2.86. The maximum absolute atomic E-state index is 11.7. The fraction of sp³-hybridized carbons (Fsp3) is 0.176. The van der Waals surface area contributed by atoms with Gasteiger partial charge in [-0.25, -0.2) is 4.79 Å². The van der Waals surface area contributed by atoms with Crippen molar-refractivity contribution in [2.45, 2.75) is 6.61 Å². The molecule has 114 valence electrons. The van der Waals surface area contributed by atoms with E-state index in [-0.39, 0.29) is 6.61 Å². The van der Waals surface area contributed by atoms with Gasteiger partial charge in [0.2, 0.25) is 0 Å². The van der Waals surface area contributed by atoms with Crippen LogP contribution in [0.2, 0.25) is 0 Å². The van der Waals surface area contributed by atoms with E-state index in [1.54, 1.807) is 56.8 Å². The van der Waals surface area contributed by atoms with E-state index in [4.69, 9.17) is 14.2 Å². The second-order valence-electron chi connectivity index (χ2n) is 4.37. The summed E-state index contributed by atoms with van der Waals surface area (Å²) in [6.07, 6.45) is 4.63. The molecular formula is C17H17NO4. The first-order valence-electron chi connectivity index (χ1n) is 6.69. The lowest BCUT2D eigenvalue weighted by atomic mass is 10.1. The molecule has 5 nitrogen and oxygen atoms in total. The smallest absolute Gasteiger partial charge is 0.331 e. The van der Waals surface area contributed by atoms with Crippen LogP contribution >= 0.6 is 0 Å². The third kappa shape index (κ3) is 4.34. The average molecular weight is 299 g/mol. The minimum absolute atomic E-state index is 0.138. The van der Waals surface area contributed by atoms with Crippen molar-refractivity contribution in [2.75, 3.05) is 14.2 Å². The Morgan fingerprint density at radius 2 is 2.05 bits per heavy atom. The van der Waals surface area contributed by atoms with E-state index >= 15 is 0 Å². The lowest BCUT2D eigenvalue weighted by molar-refractivity contribution is -0.139. The van der Waals surface area contributed by atoms with E-state index in [0.29, 0.717) is 17.2 Å². The standard InChI is InChI=1S/C17H17NO4/c1-20-15-7-8-16(21-2)13(11-15)6-9-17(19)22-12-14-5-3-4-10-18-14/h3-11H,12H2,1-2H3/b9-6+. The van der Waals surface area contributed by atoms with Gasteiger partial charge in [0.1, 0.15) is 18.1 Å². The van der Waals surface area contributed by atoms with Gasteiger partial charge in [-0.05, 0) is 36.4 Å². The number of aromatic nitrogens is 1. The van der Waals surface area contributed by atoms with Gasteiger partial charge in [-0.3, -0.25) is 4.98 Å². The van der Waals surface area contributed by atoms with Gasteiger partial charge in [0.05, 0.1) is 19.9 Å². The van der Waals surface area contributed by atoms with Crippen molar-refractivity contribution < 1.29 is 19.0 Å². The van der Waals surface area contributed by atoms with Crippen LogP contribution in [-0.2, 0) is 16.1 Å². The maximum Gasteiger partial charge on any atom is 0.331 e. The third-order valence-corrected chi connectivity index (χ3v) is 2.92. The molecule has 0 fully saturated rings. The van der Waals surface area contributed by atoms with Crippen LogP contribution in [0.4, 0.5) is 0 Å². The summed E-state index contributed by atoms with van der Waals surface area (Å²) in [5.74, 6) is 0.882. The molecule has 0 aliphatic heterocycles. The minimum atomic E-state index is -0.449. The molecule has 0 N–H and O–H groups in total. The molecule has 2 aromatic rings. The summed E-state index contributed by atoms with van der Waals surface area (Å²) < 4.78 is 15.5. The maximum atomic E-state index is 11.7. The number of carbonyl (C=O) groups excluding carboxylic acids is 1. The summed E-state index contributed by atoms with van der Waals surface area (Å²) in [6.45, 7) is 0.138. The Bertz CT molecular complexity index is 653. The Morgan fingerprint density at radius 3 is 2.73 bits per heavy atom. The largest absolute Gasteiger partial charge is 0.497 e. The number of ether oxygens (including phenoxy) is 3. The van der Waals surface area contributed by atoms with Gasteiger partial charge in [0.25, 0.3) is 0 Å². The molecule has 0 unspecified atom stereocenters. The van der Waals surface area contributed by atoms with E-state index < -0.39 is 5.97 Å². The number of benzene rings is 1. The van der Waals surface area contributed by atoms with Gasteiger partial charge in [-0.1, -0.05) is 6.07 Å². The highest BCUT2D eigenvalue weighted by Crippen LogP contribution is 2.25. The molecule has 0 bridgehead atoms. The van der Waals surface area contributed by atoms with E-state index in [2.05, 4.69) is 4.98 Å². The molecule has 1 heterocycles. The Labute approximate surface area is 129 Å². The molecular weight excluding hydrogens is 282 g/mol. The molecule has 1 aromatic heterocycles. The summed E-state index contributed by atoms with van der Waals surface area (Å²) >= 11 is 0. The second kappa shape index (κ2) is 7.83. The first-order chi connectivity index (χ1) is 10.7. The van der Waals surface area contributed by atoms with Crippen molar-refractivity contribution in [1.29, 1.82) is 0 Å². The first-order valence-corrected chi connectivity index (χ1v) is 6.69. The summed E-state index contributed by atoms with van der Waals surface area (Å²) in [6, 6.07) is 10.8. The number of hydrogen-bond acceptors (Lipinski definition) is 5. The molecule has 22 heavy (non-hydrogen) atoms. The van der Waals surface area contributed by atoms with E-state index in [0.717, 1.165) is 5.56 Å². The Morgan fingerprint density at radius 1 is 1.18 bits per heavy atom. The van der Waals surface area contributed by atoms with Crippen molar-refractivity contribution >= 4 is 12.0 Å². The minimum Gasteiger partial charge on any atom is -0.497 e. The molecule has 0 saturated carbocycles. The Kier molecular flexibility index (Phi) is 5.54. The number of nitrogens with zero attached hydrogens (tertiary/aromatic N) is 1. The number of hydrogen-bond donors (Lipinski definition) is 0. The lowest BCUT2D eigenvalue weighted by Crippen LogP contribution is -2.02. The van der Waals surface area contributed by atoms with Crippen LogP contribution in [0, 0.1) is 0 Å². The molecule has 0 amide bonds. The topological polar surface area (TPSA) is 57.7 Å². The van der Waals surface area contributed by atoms with Crippen molar-refractivity contribution in [1.82, 2.24) is 4.98 Å². The summed E-state index contributed by atoms with van der Waals surface area (Å²) in [5.41, 5.74) is 1.43. The number of pyridine rings is 1. The van der Waals surface area contributed by atoms with Gasteiger partial charge in [0, 0.05) is 17.8 Å². The molecule has 2 rings (SSSR count). The lowest BCUT2D eigenvalue weighted by Gasteiger charge is -2.07. The third-order valence-electron chi connectivity index (χ3n) is 2.92. The van der Waals surface area contributed by atoms with Crippen molar-refractivity contribution in [3.8, 4) is 11.5 Å². The van der Waals surface area contributed by atoms with Crippen LogP contribution in [0.25, 0.3) is 6.08 Å². The number of methoxy groups -OCH3 is 2. The molecule has 0 saturated heterocycles. The van der Waals surface area contributed by atoms with Crippen LogP contribution < -0.4 is 9.47 Å².